The van der Waals surface area contributed by atoms with Crippen molar-refractivity contribution in [3.8, 4) is 0 Å². The highest BCUT2D eigenvalue weighted by Crippen LogP contribution is 2.18. The zero-order chi connectivity index (χ0) is 55.0. The van der Waals surface area contributed by atoms with E-state index in [9.17, 15) is 14.4 Å². The van der Waals surface area contributed by atoms with Gasteiger partial charge in [0.15, 0.2) is 6.10 Å². The molecule has 0 rings (SSSR count). The van der Waals surface area contributed by atoms with E-state index in [1.807, 2.05) is 12.2 Å². The van der Waals surface area contributed by atoms with Crippen molar-refractivity contribution in [3.05, 3.63) is 60.8 Å². The first-order valence-corrected chi connectivity index (χ1v) is 33.3. The van der Waals surface area contributed by atoms with E-state index in [4.69, 9.17) is 14.2 Å². The molecule has 0 amide bonds. The topological polar surface area (TPSA) is 78.9 Å². The third-order valence-electron chi connectivity index (χ3n) is 14.8. The van der Waals surface area contributed by atoms with Gasteiger partial charge in [0, 0.05) is 12.8 Å². The van der Waals surface area contributed by atoms with Crippen LogP contribution in [0.2, 0.25) is 0 Å². The van der Waals surface area contributed by atoms with E-state index in [-0.39, 0.29) is 31.6 Å². The van der Waals surface area contributed by atoms with Crippen molar-refractivity contribution in [1.29, 1.82) is 0 Å². The zero-order valence-corrected chi connectivity index (χ0v) is 50.8. The molecule has 0 saturated carbocycles. The Morgan fingerprint density at radius 3 is 0.803 bits per heavy atom. The van der Waals surface area contributed by atoms with E-state index < -0.39 is 12.1 Å². The van der Waals surface area contributed by atoms with Gasteiger partial charge in [-0.1, -0.05) is 345 Å². The maximum atomic E-state index is 12.9. The summed E-state index contributed by atoms with van der Waals surface area (Å²) in [6, 6.07) is 0. The second-order valence-corrected chi connectivity index (χ2v) is 22.4. The van der Waals surface area contributed by atoms with Crippen molar-refractivity contribution >= 4 is 17.9 Å². The van der Waals surface area contributed by atoms with Crippen molar-refractivity contribution in [3.63, 3.8) is 0 Å². The normalized spacial score (nSPS) is 12.4. The number of esters is 3. The summed E-state index contributed by atoms with van der Waals surface area (Å²) in [7, 11) is 0. The summed E-state index contributed by atoms with van der Waals surface area (Å²) in [6.07, 6.45) is 82.7. The number of allylic oxidation sites excluding steroid dienone is 9. The molecule has 6 heteroatoms. The van der Waals surface area contributed by atoms with Crippen LogP contribution < -0.4 is 0 Å². The Bertz CT molecular complexity index is 1360. The highest BCUT2D eigenvalue weighted by Gasteiger charge is 2.19. The van der Waals surface area contributed by atoms with Gasteiger partial charge in [-0.2, -0.15) is 0 Å². The Hall–Kier alpha value is -2.89. The van der Waals surface area contributed by atoms with Crippen LogP contribution in [0.25, 0.3) is 0 Å². The number of carbonyl (C=O) groups excluding carboxylic acids is 3. The lowest BCUT2D eigenvalue weighted by Gasteiger charge is -2.18. The molecule has 0 aliphatic rings. The first-order valence-electron chi connectivity index (χ1n) is 33.3. The predicted octanol–water partition coefficient (Wildman–Crippen LogP) is 22.7. The monoisotopic (exact) mass is 1060 g/mol. The van der Waals surface area contributed by atoms with E-state index in [1.165, 1.54) is 238 Å². The van der Waals surface area contributed by atoms with Gasteiger partial charge in [-0.3, -0.25) is 14.4 Å². The molecule has 442 valence electrons. The van der Waals surface area contributed by atoms with Gasteiger partial charge in [-0.05, 0) is 44.9 Å². The van der Waals surface area contributed by atoms with E-state index in [2.05, 4.69) is 69.4 Å². The molecular weight excluding hydrogens is 937 g/mol. The maximum absolute atomic E-state index is 12.9. The minimum absolute atomic E-state index is 0.0992. The SMILES string of the molecule is CC/C=C\C/C=C\C/C=C\C/C=C\C/C=C\CC(=O)OCC(COC(=O)CCCCCCCCCCCCCCCCCCCCCCCCCCCC)OC(=O)CCCCCCCCCCCCCCCCCCC. The number of carbonyl (C=O) groups is 3. The van der Waals surface area contributed by atoms with Gasteiger partial charge in [-0.25, -0.2) is 0 Å². The summed E-state index contributed by atoms with van der Waals surface area (Å²) >= 11 is 0. The van der Waals surface area contributed by atoms with Crippen molar-refractivity contribution in [2.24, 2.45) is 0 Å². The largest absolute Gasteiger partial charge is 0.462 e. The fraction of sp³-hybridized carbons (Fsp3) is 0.814. The van der Waals surface area contributed by atoms with Gasteiger partial charge < -0.3 is 14.2 Å². The van der Waals surface area contributed by atoms with Gasteiger partial charge in [-0.15, -0.1) is 0 Å². The quantitative estimate of drug-likeness (QED) is 0.0261. The lowest BCUT2D eigenvalue weighted by molar-refractivity contribution is -0.166. The number of hydrogen-bond acceptors (Lipinski definition) is 6. The molecule has 0 aromatic rings. The van der Waals surface area contributed by atoms with E-state index in [0.29, 0.717) is 12.8 Å². The summed E-state index contributed by atoms with van der Waals surface area (Å²) in [5.41, 5.74) is 0. The summed E-state index contributed by atoms with van der Waals surface area (Å²) in [6.45, 7) is 6.50. The van der Waals surface area contributed by atoms with Crippen LogP contribution in [-0.2, 0) is 28.6 Å². The number of unbranched alkanes of at least 4 members (excludes halogenated alkanes) is 41. The van der Waals surface area contributed by atoms with Crippen LogP contribution in [0.4, 0.5) is 0 Å². The van der Waals surface area contributed by atoms with Gasteiger partial charge in [0.1, 0.15) is 13.2 Å². The van der Waals surface area contributed by atoms with Crippen LogP contribution in [0.5, 0.6) is 0 Å². The van der Waals surface area contributed by atoms with Crippen LogP contribution >= 0.6 is 0 Å². The zero-order valence-electron chi connectivity index (χ0n) is 50.8. The Labute approximate surface area is 472 Å². The molecule has 0 aromatic heterocycles. The van der Waals surface area contributed by atoms with Crippen LogP contribution in [0.1, 0.15) is 348 Å². The van der Waals surface area contributed by atoms with E-state index >= 15 is 0 Å². The number of hydrogen-bond donors (Lipinski definition) is 0. The summed E-state index contributed by atoms with van der Waals surface area (Å²) in [5, 5.41) is 0. The highest BCUT2D eigenvalue weighted by molar-refractivity contribution is 5.72. The number of rotatable bonds is 61. The third kappa shape index (κ3) is 62.0. The molecule has 76 heavy (non-hydrogen) atoms. The molecule has 6 nitrogen and oxygen atoms in total. The molecule has 0 spiro atoms. The van der Waals surface area contributed by atoms with Crippen molar-refractivity contribution < 1.29 is 28.6 Å². The molecule has 0 saturated heterocycles. The lowest BCUT2D eigenvalue weighted by Crippen LogP contribution is -2.30. The van der Waals surface area contributed by atoms with Gasteiger partial charge in [0.2, 0.25) is 0 Å². The first-order chi connectivity index (χ1) is 37.5. The average Bonchev–Trinajstić information content (AvgIpc) is 3.42. The van der Waals surface area contributed by atoms with Crippen LogP contribution in [0.3, 0.4) is 0 Å². The summed E-state index contributed by atoms with van der Waals surface area (Å²) in [5.74, 6) is -1.01. The standard InChI is InChI=1S/C70H126O6/c1-4-7-10-13-16-19-22-25-28-30-31-32-33-34-35-36-37-38-40-42-45-48-51-54-57-60-63-69(72)75-66-67(65-74-68(71)62-59-56-53-50-47-44-41-27-24-21-18-15-12-9-6-3)76-70(73)64-61-58-55-52-49-46-43-39-29-26-23-20-17-14-11-8-5-2/h9,12,18,21,27,41,47,50,56,59,67H,4-8,10-11,13-17,19-20,22-26,28-40,42-46,48-49,51-55,57-58,60-66H2,1-3H3/b12-9-,21-18-,41-27-,50-47-,59-56-. The van der Waals surface area contributed by atoms with Crippen LogP contribution in [0, 0.1) is 0 Å². The molecule has 0 fully saturated rings. The van der Waals surface area contributed by atoms with Crippen LogP contribution in [0.15, 0.2) is 60.8 Å². The minimum Gasteiger partial charge on any atom is -0.462 e. The van der Waals surface area contributed by atoms with Crippen LogP contribution in [-0.4, -0.2) is 37.2 Å². The average molecular weight is 1060 g/mol. The molecule has 0 aliphatic carbocycles. The third-order valence-corrected chi connectivity index (χ3v) is 14.8. The first kappa shape index (κ1) is 73.1. The second kappa shape index (κ2) is 64.6. The Morgan fingerprint density at radius 1 is 0.276 bits per heavy atom. The fourth-order valence-corrected chi connectivity index (χ4v) is 9.87. The maximum Gasteiger partial charge on any atom is 0.309 e. The minimum atomic E-state index is -0.812. The Kier molecular flexibility index (Phi) is 62.2. The Morgan fingerprint density at radius 2 is 0.513 bits per heavy atom. The van der Waals surface area contributed by atoms with E-state index in [0.717, 1.165) is 70.6 Å². The second-order valence-electron chi connectivity index (χ2n) is 22.4. The molecule has 0 N–H and O–H groups in total. The summed E-state index contributed by atoms with van der Waals surface area (Å²) in [4.78, 5) is 38.3. The Balaban J connectivity index is 4.30. The lowest BCUT2D eigenvalue weighted by atomic mass is 10.0. The molecule has 1 atom stereocenters. The molecule has 0 bridgehead atoms. The molecular formula is C70H126O6. The molecule has 0 aliphatic heterocycles. The predicted molar refractivity (Wildman–Crippen MR) is 330 cm³/mol. The highest BCUT2D eigenvalue weighted by atomic mass is 16.6. The van der Waals surface area contributed by atoms with Crippen molar-refractivity contribution in [2.75, 3.05) is 13.2 Å². The molecule has 0 aromatic carbocycles. The smallest absolute Gasteiger partial charge is 0.309 e. The molecule has 1 unspecified atom stereocenters. The van der Waals surface area contributed by atoms with Gasteiger partial charge in [0.05, 0.1) is 6.42 Å². The van der Waals surface area contributed by atoms with E-state index in [1.54, 1.807) is 0 Å². The molecule has 0 radical (unpaired) electrons. The number of ether oxygens (including phenoxy) is 3. The van der Waals surface area contributed by atoms with Crippen molar-refractivity contribution in [2.45, 2.75) is 354 Å². The summed E-state index contributed by atoms with van der Waals surface area (Å²) < 4.78 is 16.8. The molecule has 0 heterocycles. The van der Waals surface area contributed by atoms with Gasteiger partial charge in [0.25, 0.3) is 0 Å². The fourth-order valence-electron chi connectivity index (χ4n) is 9.87. The van der Waals surface area contributed by atoms with Crippen molar-refractivity contribution in [1.82, 2.24) is 0 Å². The van der Waals surface area contributed by atoms with Gasteiger partial charge >= 0.3 is 17.9 Å².